The Balaban J connectivity index is 2.23. The molecule has 0 bridgehead atoms. The van der Waals surface area contributed by atoms with Gasteiger partial charge < -0.3 is 9.84 Å². The molecule has 1 saturated heterocycles. The minimum absolute atomic E-state index is 0.318. The van der Waals surface area contributed by atoms with E-state index >= 15 is 0 Å². The van der Waals surface area contributed by atoms with Crippen molar-refractivity contribution < 1.29 is 9.84 Å². The lowest BCUT2D eigenvalue weighted by atomic mass is 10.2. The van der Waals surface area contributed by atoms with Crippen LogP contribution in [0.1, 0.15) is 6.42 Å². The lowest BCUT2D eigenvalue weighted by Crippen LogP contribution is -2.40. The molecule has 1 fully saturated rings. The van der Waals surface area contributed by atoms with E-state index in [-0.39, 0.29) is 6.10 Å². The molecule has 1 heterocycles. The monoisotopic (exact) mass is 241 g/mol. The Morgan fingerprint density at radius 3 is 2.50 bits per heavy atom. The third-order valence-corrected chi connectivity index (χ3v) is 3.30. The lowest BCUT2D eigenvalue weighted by Gasteiger charge is -2.28. The average Bonchev–Trinajstić information content (AvgIpc) is 2.17. The van der Waals surface area contributed by atoms with Crippen molar-refractivity contribution in [1.82, 2.24) is 4.90 Å². The number of β-amino-alcohol motifs (C(OH)–C–C–N with tert-alkyl or cyclic N) is 1. The highest BCUT2D eigenvalue weighted by molar-refractivity contribution is 6.83. The summed E-state index contributed by atoms with van der Waals surface area (Å²) in [5.41, 5.74) is 3.28. The van der Waals surface area contributed by atoms with Crippen molar-refractivity contribution in [1.29, 1.82) is 0 Å². The first-order chi connectivity index (χ1) is 7.47. The van der Waals surface area contributed by atoms with E-state index in [4.69, 9.17) is 4.74 Å². The second-order valence-electron chi connectivity index (χ2n) is 5.32. The van der Waals surface area contributed by atoms with Crippen molar-refractivity contribution in [2.75, 3.05) is 32.8 Å². The Bertz CT molecular complexity index is 258. The summed E-state index contributed by atoms with van der Waals surface area (Å²) >= 11 is 0. The molecule has 1 aliphatic heterocycles. The molecule has 92 valence electrons. The van der Waals surface area contributed by atoms with Gasteiger partial charge in [-0.25, -0.2) is 0 Å². The number of ether oxygens (including phenoxy) is 1. The molecule has 0 amide bonds. The molecule has 3 nitrogen and oxygen atoms in total. The van der Waals surface area contributed by atoms with Gasteiger partial charge in [-0.15, -0.1) is 11.5 Å². The van der Waals surface area contributed by atoms with Crippen LogP contribution in [0, 0.1) is 11.5 Å². The summed E-state index contributed by atoms with van der Waals surface area (Å²) in [7, 11) is -1.28. The van der Waals surface area contributed by atoms with E-state index in [0.717, 1.165) is 32.8 Å². The fourth-order valence-corrected chi connectivity index (χ4v) is 2.21. The Labute approximate surface area is 99.8 Å². The predicted molar refractivity (Wildman–Crippen MR) is 69.0 cm³/mol. The Hall–Kier alpha value is -0.343. The van der Waals surface area contributed by atoms with Crippen LogP contribution in [0.2, 0.25) is 19.6 Å². The molecule has 16 heavy (non-hydrogen) atoms. The molecule has 0 radical (unpaired) electrons. The lowest BCUT2D eigenvalue weighted by molar-refractivity contribution is 0.0157. The van der Waals surface area contributed by atoms with Crippen LogP contribution in [0.5, 0.6) is 0 Å². The van der Waals surface area contributed by atoms with Crippen LogP contribution >= 0.6 is 0 Å². The van der Waals surface area contributed by atoms with E-state index < -0.39 is 8.07 Å². The molecule has 1 unspecified atom stereocenters. The van der Waals surface area contributed by atoms with Gasteiger partial charge >= 0.3 is 0 Å². The highest BCUT2D eigenvalue weighted by Crippen LogP contribution is 2.02. The van der Waals surface area contributed by atoms with Crippen LogP contribution < -0.4 is 0 Å². The molecule has 1 rings (SSSR count). The summed E-state index contributed by atoms with van der Waals surface area (Å²) in [6.45, 7) is 10.8. The molecule has 0 aromatic carbocycles. The number of hydrogen-bond donors (Lipinski definition) is 1. The zero-order valence-electron chi connectivity index (χ0n) is 10.6. The first-order valence-corrected chi connectivity index (χ1v) is 9.45. The van der Waals surface area contributed by atoms with Crippen LogP contribution in [-0.4, -0.2) is 57.0 Å². The van der Waals surface area contributed by atoms with Gasteiger partial charge in [0.25, 0.3) is 0 Å². The smallest absolute Gasteiger partial charge is 0.129 e. The minimum Gasteiger partial charge on any atom is -0.391 e. The van der Waals surface area contributed by atoms with Gasteiger partial charge in [0.2, 0.25) is 0 Å². The number of rotatable bonds is 3. The van der Waals surface area contributed by atoms with E-state index in [9.17, 15) is 5.11 Å². The van der Waals surface area contributed by atoms with Gasteiger partial charge in [0, 0.05) is 26.1 Å². The van der Waals surface area contributed by atoms with Gasteiger partial charge in [-0.2, -0.15) is 0 Å². The maximum Gasteiger partial charge on any atom is 0.129 e. The number of hydrogen-bond acceptors (Lipinski definition) is 3. The summed E-state index contributed by atoms with van der Waals surface area (Å²) in [4.78, 5) is 2.24. The van der Waals surface area contributed by atoms with E-state index in [1.54, 1.807) is 0 Å². The molecular formula is C12H23NO2Si. The third kappa shape index (κ3) is 6.29. The molecule has 1 atom stereocenters. The van der Waals surface area contributed by atoms with E-state index in [1.807, 2.05) is 0 Å². The maximum atomic E-state index is 9.83. The topological polar surface area (TPSA) is 32.7 Å². The van der Waals surface area contributed by atoms with E-state index in [0.29, 0.717) is 6.42 Å². The fraction of sp³-hybridized carbons (Fsp3) is 0.833. The van der Waals surface area contributed by atoms with Crippen LogP contribution in [0.15, 0.2) is 0 Å². The SMILES string of the molecule is C[Si](C)(C)C#CCC(O)CN1CCOCC1. The van der Waals surface area contributed by atoms with Crippen molar-refractivity contribution in [2.24, 2.45) is 0 Å². The third-order valence-electron chi connectivity index (χ3n) is 2.37. The fourth-order valence-electron chi connectivity index (χ4n) is 1.58. The largest absolute Gasteiger partial charge is 0.391 e. The quantitative estimate of drug-likeness (QED) is 0.590. The van der Waals surface area contributed by atoms with Crippen molar-refractivity contribution in [3.63, 3.8) is 0 Å². The van der Waals surface area contributed by atoms with Crippen LogP contribution in [-0.2, 0) is 4.74 Å². The van der Waals surface area contributed by atoms with Gasteiger partial charge in [0.15, 0.2) is 0 Å². The van der Waals surface area contributed by atoms with Crippen LogP contribution in [0.4, 0.5) is 0 Å². The average molecular weight is 241 g/mol. The summed E-state index contributed by atoms with van der Waals surface area (Å²) in [6, 6.07) is 0. The summed E-state index contributed by atoms with van der Waals surface area (Å²) < 4.78 is 5.26. The molecule has 0 aromatic rings. The minimum atomic E-state index is -1.28. The zero-order chi connectivity index (χ0) is 12.0. The van der Waals surface area contributed by atoms with Crippen molar-refractivity contribution >= 4 is 8.07 Å². The van der Waals surface area contributed by atoms with Gasteiger partial charge in [-0.3, -0.25) is 4.90 Å². The molecule has 0 aromatic heterocycles. The number of aliphatic hydroxyl groups is 1. The number of aliphatic hydroxyl groups excluding tert-OH is 1. The van der Waals surface area contributed by atoms with Crippen molar-refractivity contribution in [3.8, 4) is 11.5 Å². The molecule has 1 N–H and O–H groups in total. The van der Waals surface area contributed by atoms with Crippen LogP contribution in [0.3, 0.4) is 0 Å². The highest BCUT2D eigenvalue weighted by Gasteiger charge is 2.14. The predicted octanol–water partition coefficient (Wildman–Crippen LogP) is 0.950. The van der Waals surface area contributed by atoms with E-state index in [1.165, 1.54) is 0 Å². The zero-order valence-corrected chi connectivity index (χ0v) is 11.6. The van der Waals surface area contributed by atoms with Gasteiger partial charge in [0.05, 0.1) is 19.3 Å². The number of morpholine rings is 1. The maximum absolute atomic E-state index is 9.83. The van der Waals surface area contributed by atoms with E-state index in [2.05, 4.69) is 36.0 Å². The Kier molecular flexibility index (Phi) is 5.49. The first kappa shape index (κ1) is 13.7. The number of nitrogens with zero attached hydrogens (tertiary/aromatic N) is 1. The normalized spacial score (nSPS) is 20.0. The highest BCUT2D eigenvalue weighted by atomic mass is 28.3. The first-order valence-electron chi connectivity index (χ1n) is 5.95. The summed E-state index contributed by atoms with van der Waals surface area (Å²) in [5, 5.41) is 9.83. The standard InChI is InChI=1S/C12H23NO2Si/c1-16(2,3)10-4-5-12(14)11-13-6-8-15-9-7-13/h12,14H,5-9,11H2,1-3H3. The molecule has 0 spiro atoms. The molecule has 0 aliphatic carbocycles. The van der Waals surface area contributed by atoms with Gasteiger partial charge in [-0.1, -0.05) is 19.6 Å². The van der Waals surface area contributed by atoms with Crippen molar-refractivity contribution in [3.05, 3.63) is 0 Å². The summed E-state index contributed by atoms with van der Waals surface area (Å²) in [5.74, 6) is 3.12. The van der Waals surface area contributed by atoms with Gasteiger partial charge in [-0.05, 0) is 0 Å². The van der Waals surface area contributed by atoms with Crippen LogP contribution in [0.25, 0.3) is 0 Å². The second-order valence-corrected chi connectivity index (χ2v) is 10.1. The van der Waals surface area contributed by atoms with Crippen molar-refractivity contribution in [2.45, 2.75) is 32.2 Å². The second kappa shape index (κ2) is 6.41. The molecule has 0 saturated carbocycles. The van der Waals surface area contributed by atoms with Gasteiger partial charge in [0.1, 0.15) is 8.07 Å². The Morgan fingerprint density at radius 1 is 1.31 bits per heavy atom. The molecule has 4 heteroatoms. The molecule has 1 aliphatic rings. The molecular weight excluding hydrogens is 218 g/mol. The Morgan fingerprint density at radius 2 is 1.94 bits per heavy atom. The summed E-state index contributed by atoms with van der Waals surface area (Å²) in [6.07, 6.45) is 0.281.